The van der Waals surface area contributed by atoms with Gasteiger partial charge in [0, 0.05) is 17.1 Å². The van der Waals surface area contributed by atoms with Crippen molar-refractivity contribution in [3.8, 4) is 5.75 Å². The molecule has 5 rings (SSSR count). The summed E-state index contributed by atoms with van der Waals surface area (Å²) in [6.45, 7) is 4.56. The third kappa shape index (κ3) is 4.90. The normalized spacial score (nSPS) is 29.2. The number of nitrogens with one attached hydrogen (secondary N) is 2. The highest BCUT2D eigenvalue weighted by atomic mass is 79.9. The molecule has 9 nitrogen and oxygen atoms in total. The van der Waals surface area contributed by atoms with E-state index in [2.05, 4.69) is 26.6 Å². The molecule has 2 bridgehead atoms. The molecule has 3 unspecified atom stereocenters. The van der Waals surface area contributed by atoms with Gasteiger partial charge in [-0.25, -0.2) is 0 Å². The Bertz CT molecular complexity index is 1230. The SMILES string of the molecule is CCCCNC(=O)C1N([C@H](CO)c2ccccc2)C(=O)[C@@H]2[C@H](C(=O)Nc3ccc(OCC)cc3)[C@H]3OC12CC3Br. The van der Waals surface area contributed by atoms with Crippen LogP contribution in [0.3, 0.4) is 0 Å². The van der Waals surface area contributed by atoms with Crippen molar-refractivity contribution in [2.45, 2.75) is 61.7 Å². The molecule has 10 heteroatoms. The van der Waals surface area contributed by atoms with E-state index in [9.17, 15) is 19.5 Å². The van der Waals surface area contributed by atoms with E-state index >= 15 is 0 Å². The van der Waals surface area contributed by atoms with E-state index in [1.165, 1.54) is 4.90 Å². The monoisotopic (exact) mass is 613 g/mol. The molecule has 0 aliphatic carbocycles. The summed E-state index contributed by atoms with van der Waals surface area (Å²) in [7, 11) is 0. The number of anilines is 1. The molecule has 3 aliphatic heterocycles. The summed E-state index contributed by atoms with van der Waals surface area (Å²) in [6, 6.07) is 14.5. The number of halogens is 1. The number of alkyl halides is 1. The number of carbonyl (C=O) groups is 3. The van der Waals surface area contributed by atoms with Crippen LogP contribution in [0.25, 0.3) is 0 Å². The highest BCUT2D eigenvalue weighted by Crippen LogP contribution is 2.61. The molecule has 3 amide bonds. The maximum atomic E-state index is 14.3. The Morgan fingerprint density at radius 1 is 1.15 bits per heavy atom. The lowest BCUT2D eigenvalue weighted by Gasteiger charge is -2.37. The smallest absolute Gasteiger partial charge is 0.245 e. The van der Waals surface area contributed by atoms with E-state index in [4.69, 9.17) is 9.47 Å². The fourth-order valence-corrected chi connectivity index (χ4v) is 7.49. The third-order valence-electron chi connectivity index (χ3n) is 8.23. The predicted octanol–water partition coefficient (Wildman–Crippen LogP) is 3.42. The Kier molecular flexibility index (Phi) is 8.49. The van der Waals surface area contributed by atoms with Crippen LogP contribution in [0.2, 0.25) is 0 Å². The molecule has 2 aromatic rings. The van der Waals surface area contributed by atoms with E-state index in [1.54, 1.807) is 24.3 Å². The number of hydrogen-bond donors (Lipinski definition) is 3. The summed E-state index contributed by atoms with van der Waals surface area (Å²) < 4.78 is 12.1. The first kappa shape index (κ1) is 28.6. The van der Waals surface area contributed by atoms with Crippen molar-refractivity contribution in [2.24, 2.45) is 11.8 Å². The van der Waals surface area contributed by atoms with Crippen LogP contribution >= 0.6 is 15.9 Å². The van der Waals surface area contributed by atoms with E-state index < -0.39 is 35.6 Å². The molecule has 3 aliphatic rings. The summed E-state index contributed by atoms with van der Waals surface area (Å²) in [5, 5.41) is 16.5. The van der Waals surface area contributed by atoms with Gasteiger partial charge in [-0.3, -0.25) is 14.4 Å². The fraction of sp³-hybridized carbons (Fsp3) is 0.500. The van der Waals surface area contributed by atoms with Crippen LogP contribution in [-0.2, 0) is 19.1 Å². The second-order valence-corrected chi connectivity index (χ2v) is 11.8. The van der Waals surface area contributed by atoms with Gasteiger partial charge in [0.2, 0.25) is 17.7 Å². The van der Waals surface area contributed by atoms with Crippen molar-refractivity contribution >= 4 is 39.3 Å². The minimum atomic E-state index is -1.20. The summed E-state index contributed by atoms with van der Waals surface area (Å²) in [5.74, 6) is -2.01. The van der Waals surface area contributed by atoms with Gasteiger partial charge in [-0.2, -0.15) is 0 Å². The molecule has 3 fully saturated rings. The van der Waals surface area contributed by atoms with Gasteiger partial charge in [0.1, 0.15) is 17.4 Å². The Morgan fingerprint density at radius 2 is 1.88 bits per heavy atom. The van der Waals surface area contributed by atoms with Gasteiger partial charge in [0.05, 0.1) is 37.2 Å². The van der Waals surface area contributed by atoms with Gasteiger partial charge in [-0.05, 0) is 49.6 Å². The first-order chi connectivity index (χ1) is 19.4. The summed E-state index contributed by atoms with van der Waals surface area (Å²) in [6.07, 6.45) is 1.52. The molecule has 3 heterocycles. The Hall–Kier alpha value is -2.95. The number of ether oxygens (including phenoxy) is 2. The van der Waals surface area contributed by atoms with E-state index in [-0.39, 0.29) is 29.2 Å². The molecule has 3 saturated heterocycles. The second-order valence-electron chi connectivity index (χ2n) is 10.6. The number of fused-ring (bicyclic) bond motifs is 1. The number of benzene rings is 2. The first-order valence-corrected chi connectivity index (χ1v) is 14.9. The van der Waals surface area contributed by atoms with Gasteiger partial charge in [0.25, 0.3) is 0 Å². The van der Waals surface area contributed by atoms with Crippen molar-refractivity contribution in [2.75, 3.05) is 25.1 Å². The van der Waals surface area contributed by atoms with Crippen LogP contribution in [-0.4, -0.2) is 70.1 Å². The zero-order valence-corrected chi connectivity index (χ0v) is 24.3. The standard InChI is InChI=1S/C30H36BrN3O6/c1-3-5-15-32-28(37)26-30-16-21(31)25(40-30)23(27(36)33-19-11-13-20(14-12-19)39-4-2)24(30)29(38)34(26)22(17-35)18-9-7-6-8-10-18/h6-14,21-26,35H,3-5,15-17H2,1-2H3,(H,32,37)(H,33,36)/t21?,22-,23+,24+,25+,26?,30?/m1/s1. The average molecular weight is 615 g/mol. The van der Waals surface area contributed by atoms with Gasteiger partial charge in [-0.15, -0.1) is 0 Å². The number of hydrogen-bond acceptors (Lipinski definition) is 6. The first-order valence-electron chi connectivity index (χ1n) is 14.0. The molecule has 0 radical (unpaired) electrons. The van der Waals surface area contributed by atoms with Gasteiger partial charge < -0.3 is 30.1 Å². The molecule has 40 heavy (non-hydrogen) atoms. The number of rotatable bonds is 11. The molecular formula is C30H36BrN3O6. The number of likely N-dealkylation sites (tertiary alicyclic amines) is 1. The third-order valence-corrected chi connectivity index (χ3v) is 9.08. The lowest BCUT2D eigenvalue weighted by Crippen LogP contribution is -2.56. The highest BCUT2D eigenvalue weighted by Gasteiger charge is 2.77. The van der Waals surface area contributed by atoms with Crippen molar-refractivity contribution in [1.82, 2.24) is 10.2 Å². The van der Waals surface area contributed by atoms with E-state index in [0.29, 0.717) is 36.6 Å². The van der Waals surface area contributed by atoms with Crippen LogP contribution in [0.5, 0.6) is 5.75 Å². The number of nitrogens with zero attached hydrogens (tertiary/aromatic N) is 1. The van der Waals surface area contributed by atoms with Crippen LogP contribution in [0.15, 0.2) is 54.6 Å². The molecule has 2 aromatic carbocycles. The average Bonchev–Trinajstić information content (AvgIpc) is 3.55. The summed E-state index contributed by atoms with van der Waals surface area (Å²) in [4.78, 5) is 43.2. The van der Waals surface area contributed by atoms with Crippen LogP contribution in [0.4, 0.5) is 5.69 Å². The quantitative estimate of drug-likeness (QED) is 0.264. The number of amides is 3. The largest absolute Gasteiger partial charge is 0.494 e. The minimum absolute atomic E-state index is 0.220. The lowest BCUT2D eigenvalue weighted by molar-refractivity contribution is -0.145. The topological polar surface area (TPSA) is 117 Å². The summed E-state index contributed by atoms with van der Waals surface area (Å²) in [5.41, 5.74) is 0.0846. The zero-order chi connectivity index (χ0) is 28.4. The number of aliphatic hydroxyl groups is 1. The fourth-order valence-electron chi connectivity index (χ4n) is 6.54. The Labute approximate surface area is 242 Å². The van der Waals surface area contributed by atoms with Gasteiger partial charge >= 0.3 is 0 Å². The van der Waals surface area contributed by atoms with Gasteiger partial charge in [-0.1, -0.05) is 59.6 Å². The molecule has 214 valence electrons. The van der Waals surface area contributed by atoms with E-state index in [0.717, 1.165) is 12.8 Å². The number of carbonyl (C=O) groups excluding carboxylic acids is 3. The summed E-state index contributed by atoms with van der Waals surface area (Å²) >= 11 is 3.69. The number of aliphatic hydroxyl groups excluding tert-OH is 1. The Balaban J connectivity index is 1.50. The lowest BCUT2D eigenvalue weighted by atomic mass is 9.70. The minimum Gasteiger partial charge on any atom is -0.494 e. The van der Waals surface area contributed by atoms with Crippen LogP contribution < -0.4 is 15.4 Å². The van der Waals surface area contributed by atoms with Crippen LogP contribution in [0, 0.1) is 11.8 Å². The van der Waals surface area contributed by atoms with Gasteiger partial charge in [0.15, 0.2) is 0 Å². The van der Waals surface area contributed by atoms with E-state index in [1.807, 2.05) is 44.2 Å². The molecule has 1 spiro atoms. The maximum Gasteiger partial charge on any atom is 0.245 e. The molecule has 3 N–H and O–H groups in total. The van der Waals surface area contributed by atoms with Crippen molar-refractivity contribution < 1.29 is 29.0 Å². The van der Waals surface area contributed by atoms with Crippen LogP contribution in [0.1, 0.15) is 44.7 Å². The predicted molar refractivity (Wildman–Crippen MR) is 153 cm³/mol. The maximum absolute atomic E-state index is 14.3. The highest BCUT2D eigenvalue weighted by molar-refractivity contribution is 9.09. The zero-order valence-electron chi connectivity index (χ0n) is 22.7. The van der Waals surface area contributed by atoms with Crippen molar-refractivity contribution in [1.29, 1.82) is 0 Å². The Morgan fingerprint density at radius 3 is 2.52 bits per heavy atom. The number of unbranched alkanes of at least 4 members (excludes halogenated alkanes) is 1. The van der Waals surface area contributed by atoms with Crippen molar-refractivity contribution in [3.63, 3.8) is 0 Å². The van der Waals surface area contributed by atoms with Crippen molar-refractivity contribution in [3.05, 3.63) is 60.2 Å². The molecular weight excluding hydrogens is 578 g/mol. The molecule has 7 atom stereocenters. The molecule has 0 aromatic heterocycles. The second kappa shape index (κ2) is 11.9. The molecule has 0 saturated carbocycles.